The molecule has 1 aromatic rings. The number of benzene rings is 1. The van der Waals surface area contributed by atoms with E-state index in [-0.39, 0.29) is 24.0 Å². The summed E-state index contributed by atoms with van der Waals surface area (Å²) in [4.78, 5) is 25.5. The highest BCUT2D eigenvalue weighted by Crippen LogP contribution is 2.35. The largest absolute Gasteiger partial charge is 0.462 e. The first-order valence-electron chi connectivity index (χ1n) is 12.2. The number of carbonyl (C=O) groups is 2. The molecule has 0 spiro atoms. The van der Waals surface area contributed by atoms with Gasteiger partial charge in [-0.25, -0.2) is 4.79 Å². The lowest BCUT2D eigenvalue weighted by Gasteiger charge is -2.37. The number of alkyl carbamates (subject to hydrolysis) is 1. The lowest BCUT2D eigenvalue weighted by molar-refractivity contribution is -0.160. The normalized spacial score (nSPS) is 23.3. The van der Waals surface area contributed by atoms with Gasteiger partial charge in [0.15, 0.2) is 0 Å². The molecular weight excluding hydrogens is 402 g/mol. The summed E-state index contributed by atoms with van der Waals surface area (Å²) in [6, 6.07) is 9.77. The Morgan fingerprint density at radius 1 is 1.09 bits per heavy atom. The number of carbonyl (C=O) groups excluding carboxylic acids is 2. The van der Waals surface area contributed by atoms with Gasteiger partial charge in [0, 0.05) is 6.04 Å². The Bertz CT molecular complexity index is 725. The minimum atomic E-state index is -0.574. The van der Waals surface area contributed by atoms with E-state index in [9.17, 15) is 9.59 Å². The molecule has 0 heterocycles. The second kappa shape index (κ2) is 11.7. The van der Waals surface area contributed by atoms with Gasteiger partial charge in [-0.1, -0.05) is 64.4 Å². The average molecular weight is 446 g/mol. The Labute approximate surface area is 194 Å². The van der Waals surface area contributed by atoms with E-state index in [2.05, 4.69) is 26.1 Å². The van der Waals surface area contributed by atoms with E-state index in [1.807, 2.05) is 58.0 Å². The van der Waals surface area contributed by atoms with Crippen LogP contribution in [0.15, 0.2) is 30.3 Å². The molecule has 5 nitrogen and oxygen atoms in total. The summed E-state index contributed by atoms with van der Waals surface area (Å²) in [5.74, 6) is 1.01. The lowest BCUT2D eigenvalue weighted by Crippen LogP contribution is -2.42. The van der Waals surface area contributed by atoms with Gasteiger partial charge in [0.1, 0.15) is 11.7 Å². The molecule has 0 aliphatic heterocycles. The van der Waals surface area contributed by atoms with E-state index >= 15 is 0 Å². The van der Waals surface area contributed by atoms with Crippen molar-refractivity contribution in [2.75, 3.05) is 0 Å². The molecule has 0 aromatic heterocycles. The monoisotopic (exact) mass is 445 g/mol. The Balaban J connectivity index is 2.04. The molecule has 1 unspecified atom stereocenters. The average Bonchev–Trinajstić information content (AvgIpc) is 2.66. The number of rotatable bonds is 8. The van der Waals surface area contributed by atoms with Crippen molar-refractivity contribution in [3.63, 3.8) is 0 Å². The Kier molecular flexibility index (Phi) is 9.60. The third kappa shape index (κ3) is 8.84. The van der Waals surface area contributed by atoms with Crippen molar-refractivity contribution in [1.29, 1.82) is 0 Å². The quantitative estimate of drug-likeness (QED) is 0.487. The van der Waals surface area contributed by atoms with Crippen LogP contribution in [0, 0.1) is 23.7 Å². The van der Waals surface area contributed by atoms with Gasteiger partial charge in [0.25, 0.3) is 0 Å². The zero-order chi connectivity index (χ0) is 23.9. The highest BCUT2D eigenvalue weighted by molar-refractivity contribution is 5.72. The van der Waals surface area contributed by atoms with Gasteiger partial charge in [-0.05, 0) is 69.8 Å². The number of amides is 1. The first-order valence-corrected chi connectivity index (χ1v) is 12.2. The van der Waals surface area contributed by atoms with Gasteiger partial charge >= 0.3 is 12.1 Å². The first kappa shape index (κ1) is 26.2. The fourth-order valence-corrected chi connectivity index (χ4v) is 4.60. The summed E-state index contributed by atoms with van der Waals surface area (Å²) < 4.78 is 11.5. The third-order valence-electron chi connectivity index (χ3n) is 6.32. The van der Waals surface area contributed by atoms with Crippen molar-refractivity contribution in [3.8, 4) is 0 Å². The number of esters is 1. The van der Waals surface area contributed by atoms with Crippen molar-refractivity contribution in [1.82, 2.24) is 5.32 Å². The lowest BCUT2D eigenvalue weighted by atomic mass is 9.75. The third-order valence-corrected chi connectivity index (χ3v) is 6.32. The van der Waals surface area contributed by atoms with Crippen LogP contribution in [-0.2, 0) is 20.7 Å². The van der Waals surface area contributed by atoms with Crippen molar-refractivity contribution >= 4 is 12.1 Å². The number of hydrogen-bond donors (Lipinski definition) is 1. The van der Waals surface area contributed by atoms with E-state index in [0.29, 0.717) is 30.6 Å². The SMILES string of the molecule is CC(C[C@H](Cc1ccccc1)NC(=O)OC(C)(C)C)C(=O)O[C@@H]1C[C@H](C)CC[C@H]1C(C)C. The van der Waals surface area contributed by atoms with Gasteiger partial charge in [-0.2, -0.15) is 0 Å². The standard InChI is InChI=1S/C27H43NO4/c1-18(2)23-14-13-19(3)15-24(23)31-25(29)20(4)16-22(17-21-11-9-8-10-12-21)28-26(30)32-27(5,6)7/h8-12,18-20,22-24H,13-17H2,1-7H3,(H,28,30)/t19-,20?,22-,23+,24-/m1/s1. The molecule has 1 saturated carbocycles. The zero-order valence-corrected chi connectivity index (χ0v) is 21.0. The maximum atomic E-state index is 13.0. The Morgan fingerprint density at radius 2 is 1.75 bits per heavy atom. The number of ether oxygens (including phenoxy) is 2. The fourth-order valence-electron chi connectivity index (χ4n) is 4.60. The Hall–Kier alpha value is -2.04. The second-order valence-corrected chi connectivity index (χ2v) is 11.0. The van der Waals surface area contributed by atoms with E-state index in [0.717, 1.165) is 18.4 Å². The van der Waals surface area contributed by atoms with Crippen molar-refractivity contribution in [2.45, 2.75) is 98.3 Å². The number of nitrogens with one attached hydrogen (secondary N) is 1. The van der Waals surface area contributed by atoms with Crippen LogP contribution in [0.25, 0.3) is 0 Å². The first-order chi connectivity index (χ1) is 14.9. The molecule has 5 heteroatoms. The summed E-state index contributed by atoms with van der Waals surface area (Å²) in [5, 5.41) is 2.98. The van der Waals surface area contributed by atoms with Gasteiger partial charge < -0.3 is 14.8 Å². The minimum absolute atomic E-state index is 0.0138. The Morgan fingerprint density at radius 3 is 2.34 bits per heavy atom. The minimum Gasteiger partial charge on any atom is -0.462 e. The van der Waals surface area contributed by atoms with Crippen molar-refractivity contribution in [2.24, 2.45) is 23.7 Å². The molecule has 32 heavy (non-hydrogen) atoms. The number of hydrogen-bond acceptors (Lipinski definition) is 4. The maximum absolute atomic E-state index is 13.0. The van der Waals surface area contributed by atoms with E-state index in [1.165, 1.54) is 6.42 Å². The molecule has 1 aliphatic rings. The van der Waals surface area contributed by atoms with E-state index in [1.54, 1.807) is 0 Å². The topological polar surface area (TPSA) is 64.6 Å². The van der Waals surface area contributed by atoms with E-state index in [4.69, 9.17) is 9.47 Å². The van der Waals surface area contributed by atoms with Crippen LogP contribution in [0.3, 0.4) is 0 Å². The molecular formula is C27H43NO4. The highest BCUT2D eigenvalue weighted by Gasteiger charge is 2.34. The summed E-state index contributed by atoms with van der Waals surface area (Å²) in [5.41, 5.74) is 0.533. The summed E-state index contributed by atoms with van der Waals surface area (Å²) in [7, 11) is 0. The fraction of sp³-hybridized carbons (Fsp3) is 0.704. The molecule has 2 rings (SSSR count). The molecule has 5 atom stereocenters. The van der Waals surface area contributed by atoms with Crippen LogP contribution in [0.1, 0.15) is 79.7 Å². The van der Waals surface area contributed by atoms with Crippen LogP contribution in [0.4, 0.5) is 4.79 Å². The van der Waals surface area contributed by atoms with Gasteiger partial charge in [0.2, 0.25) is 0 Å². The van der Waals surface area contributed by atoms with Crippen LogP contribution < -0.4 is 5.32 Å². The summed E-state index contributed by atoms with van der Waals surface area (Å²) in [6.07, 6.45) is 3.91. The molecule has 1 aliphatic carbocycles. The van der Waals surface area contributed by atoms with Crippen LogP contribution in [0.5, 0.6) is 0 Å². The van der Waals surface area contributed by atoms with Gasteiger partial charge in [-0.3, -0.25) is 4.79 Å². The van der Waals surface area contributed by atoms with Crippen molar-refractivity contribution < 1.29 is 19.1 Å². The molecule has 1 N–H and O–H groups in total. The molecule has 180 valence electrons. The summed E-state index contributed by atoms with van der Waals surface area (Å²) in [6.45, 7) is 14.1. The molecule has 1 amide bonds. The second-order valence-electron chi connectivity index (χ2n) is 11.0. The summed E-state index contributed by atoms with van der Waals surface area (Å²) >= 11 is 0. The predicted molar refractivity (Wildman–Crippen MR) is 128 cm³/mol. The predicted octanol–water partition coefficient (Wildman–Crippen LogP) is 6.15. The smallest absolute Gasteiger partial charge is 0.407 e. The van der Waals surface area contributed by atoms with E-state index < -0.39 is 11.7 Å². The van der Waals surface area contributed by atoms with Crippen molar-refractivity contribution in [3.05, 3.63) is 35.9 Å². The van der Waals surface area contributed by atoms with Crippen LogP contribution >= 0.6 is 0 Å². The molecule has 0 bridgehead atoms. The molecule has 0 radical (unpaired) electrons. The van der Waals surface area contributed by atoms with Gasteiger partial charge in [-0.15, -0.1) is 0 Å². The van der Waals surface area contributed by atoms with Crippen LogP contribution in [0.2, 0.25) is 0 Å². The molecule has 1 aromatic carbocycles. The van der Waals surface area contributed by atoms with Gasteiger partial charge in [0.05, 0.1) is 5.92 Å². The highest BCUT2D eigenvalue weighted by atomic mass is 16.6. The maximum Gasteiger partial charge on any atom is 0.407 e. The molecule has 1 fully saturated rings. The van der Waals surface area contributed by atoms with Crippen LogP contribution in [-0.4, -0.2) is 29.8 Å². The molecule has 0 saturated heterocycles. The zero-order valence-electron chi connectivity index (χ0n) is 21.0.